The molecule has 24 heavy (non-hydrogen) atoms. The van der Waals surface area contributed by atoms with Gasteiger partial charge in [0.25, 0.3) is 0 Å². The predicted molar refractivity (Wildman–Crippen MR) is 99.0 cm³/mol. The first-order valence-corrected chi connectivity index (χ1v) is 9.90. The summed E-state index contributed by atoms with van der Waals surface area (Å²) in [4.78, 5) is 16.7. The van der Waals surface area contributed by atoms with Crippen molar-refractivity contribution in [3.8, 4) is 0 Å². The van der Waals surface area contributed by atoms with Crippen LogP contribution >= 0.6 is 11.3 Å². The molecule has 0 aromatic carbocycles. The van der Waals surface area contributed by atoms with Crippen LogP contribution in [-0.4, -0.2) is 59.8 Å². The van der Waals surface area contributed by atoms with Gasteiger partial charge in [-0.2, -0.15) is 0 Å². The van der Waals surface area contributed by atoms with Gasteiger partial charge in [-0.25, -0.2) is 9.97 Å². The number of aryl methyl sites for hydroxylation is 1. The average Bonchev–Trinajstić information content (AvgIpc) is 3.05. The quantitative estimate of drug-likeness (QED) is 0.855. The first-order valence-electron chi connectivity index (χ1n) is 9.08. The van der Waals surface area contributed by atoms with E-state index in [-0.39, 0.29) is 0 Å². The number of aromatic nitrogens is 2. The lowest BCUT2D eigenvalue weighted by molar-refractivity contribution is -0.0373. The zero-order valence-electron chi connectivity index (χ0n) is 14.6. The summed E-state index contributed by atoms with van der Waals surface area (Å²) < 4.78 is 5.68. The van der Waals surface area contributed by atoms with Gasteiger partial charge in [0.15, 0.2) is 0 Å². The van der Waals surface area contributed by atoms with Crippen molar-refractivity contribution in [2.75, 3.05) is 37.7 Å². The van der Waals surface area contributed by atoms with Gasteiger partial charge in [0, 0.05) is 37.1 Å². The van der Waals surface area contributed by atoms with Gasteiger partial charge < -0.3 is 9.64 Å². The number of ether oxygens (including phenoxy) is 1. The summed E-state index contributed by atoms with van der Waals surface area (Å²) in [6.45, 7) is 9.58. The largest absolute Gasteiger partial charge is 0.376 e. The molecule has 2 saturated heterocycles. The second kappa shape index (κ2) is 6.94. The molecule has 2 fully saturated rings. The number of anilines is 1. The van der Waals surface area contributed by atoms with Crippen LogP contribution in [0.1, 0.15) is 31.6 Å². The standard InChI is InChI=1S/C18H26N4OS/c1-3-15-10-16-17(19-12-20-18(16)24-15)21-6-4-14(5-7-21)22-8-9-23-13(2)11-22/h10,12-14H,3-9,11H2,1-2H3/t13-/m0/s1. The third kappa shape index (κ3) is 3.15. The molecule has 4 heterocycles. The smallest absolute Gasteiger partial charge is 0.140 e. The Morgan fingerprint density at radius 2 is 2.08 bits per heavy atom. The van der Waals surface area contributed by atoms with Crippen molar-refractivity contribution < 1.29 is 4.74 Å². The van der Waals surface area contributed by atoms with Crippen molar-refractivity contribution in [2.45, 2.75) is 45.3 Å². The lowest BCUT2D eigenvalue weighted by Gasteiger charge is -2.42. The Morgan fingerprint density at radius 3 is 2.83 bits per heavy atom. The molecule has 2 aliphatic rings. The SMILES string of the molecule is CCc1cc2c(N3CCC(N4CCO[C@@H](C)C4)CC3)ncnc2s1. The van der Waals surface area contributed by atoms with Crippen molar-refractivity contribution in [1.82, 2.24) is 14.9 Å². The number of fused-ring (bicyclic) bond motifs is 1. The molecule has 0 saturated carbocycles. The van der Waals surface area contributed by atoms with Crippen LogP contribution in [0.15, 0.2) is 12.4 Å². The van der Waals surface area contributed by atoms with Crippen molar-refractivity contribution in [2.24, 2.45) is 0 Å². The maximum atomic E-state index is 5.68. The van der Waals surface area contributed by atoms with Crippen LogP contribution in [0.25, 0.3) is 10.2 Å². The highest BCUT2D eigenvalue weighted by Crippen LogP contribution is 2.32. The molecule has 4 rings (SSSR count). The second-order valence-electron chi connectivity index (χ2n) is 6.88. The molecular formula is C18H26N4OS. The molecule has 0 spiro atoms. The van der Waals surface area contributed by atoms with E-state index >= 15 is 0 Å². The van der Waals surface area contributed by atoms with Gasteiger partial charge in [0.05, 0.1) is 18.1 Å². The molecule has 0 bridgehead atoms. The third-order valence-electron chi connectivity index (χ3n) is 5.26. The molecule has 2 aromatic heterocycles. The van der Waals surface area contributed by atoms with Gasteiger partial charge in [-0.15, -0.1) is 11.3 Å². The Balaban J connectivity index is 1.47. The zero-order valence-corrected chi connectivity index (χ0v) is 15.4. The van der Waals surface area contributed by atoms with Crippen LogP contribution in [-0.2, 0) is 11.2 Å². The Labute approximate surface area is 147 Å². The van der Waals surface area contributed by atoms with E-state index in [1.165, 1.54) is 23.1 Å². The highest BCUT2D eigenvalue weighted by molar-refractivity contribution is 7.18. The Morgan fingerprint density at radius 1 is 1.25 bits per heavy atom. The molecular weight excluding hydrogens is 320 g/mol. The number of nitrogens with zero attached hydrogens (tertiary/aromatic N) is 4. The van der Waals surface area contributed by atoms with Crippen LogP contribution in [0.3, 0.4) is 0 Å². The molecule has 130 valence electrons. The fourth-order valence-electron chi connectivity index (χ4n) is 3.94. The van der Waals surface area contributed by atoms with Crippen molar-refractivity contribution in [3.05, 3.63) is 17.3 Å². The number of thiophene rings is 1. The Bertz CT molecular complexity index is 695. The minimum Gasteiger partial charge on any atom is -0.376 e. The van der Waals surface area contributed by atoms with E-state index in [1.807, 2.05) is 0 Å². The fourth-order valence-corrected chi connectivity index (χ4v) is 4.87. The number of rotatable bonds is 3. The van der Waals surface area contributed by atoms with Crippen LogP contribution in [0.4, 0.5) is 5.82 Å². The molecule has 1 atom stereocenters. The third-order valence-corrected chi connectivity index (χ3v) is 6.45. The normalized spacial score (nSPS) is 23.9. The van der Waals surface area contributed by atoms with E-state index in [0.29, 0.717) is 12.1 Å². The predicted octanol–water partition coefficient (Wildman–Crippen LogP) is 2.94. The molecule has 6 heteroatoms. The van der Waals surface area contributed by atoms with E-state index < -0.39 is 0 Å². The molecule has 0 unspecified atom stereocenters. The molecule has 0 aliphatic carbocycles. The Kier molecular flexibility index (Phi) is 4.70. The van der Waals surface area contributed by atoms with E-state index in [9.17, 15) is 0 Å². The number of hydrogen-bond donors (Lipinski definition) is 0. The monoisotopic (exact) mass is 346 g/mol. The molecule has 5 nitrogen and oxygen atoms in total. The van der Waals surface area contributed by atoms with Crippen LogP contribution in [0.5, 0.6) is 0 Å². The van der Waals surface area contributed by atoms with E-state index in [0.717, 1.165) is 49.9 Å². The van der Waals surface area contributed by atoms with Gasteiger partial charge in [0.2, 0.25) is 0 Å². The first kappa shape index (κ1) is 16.2. The molecule has 2 aromatic rings. The topological polar surface area (TPSA) is 41.5 Å². The zero-order chi connectivity index (χ0) is 16.5. The van der Waals surface area contributed by atoms with Gasteiger partial charge in [-0.05, 0) is 32.3 Å². The summed E-state index contributed by atoms with van der Waals surface area (Å²) in [5.74, 6) is 1.13. The van der Waals surface area contributed by atoms with Crippen LogP contribution < -0.4 is 4.90 Å². The maximum absolute atomic E-state index is 5.68. The van der Waals surface area contributed by atoms with Crippen molar-refractivity contribution in [3.63, 3.8) is 0 Å². The second-order valence-corrected chi connectivity index (χ2v) is 7.99. The lowest BCUT2D eigenvalue weighted by atomic mass is 10.0. The fraction of sp³-hybridized carbons (Fsp3) is 0.667. The van der Waals surface area contributed by atoms with Gasteiger partial charge in [-0.3, -0.25) is 4.90 Å². The van der Waals surface area contributed by atoms with Gasteiger partial charge in [0.1, 0.15) is 17.0 Å². The minimum absolute atomic E-state index is 0.372. The van der Waals surface area contributed by atoms with Crippen molar-refractivity contribution >= 4 is 27.4 Å². The van der Waals surface area contributed by atoms with Crippen molar-refractivity contribution in [1.29, 1.82) is 0 Å². The average molecular weight is 347 g/mol. The van der Waals surface area contributed by atoms with Gasteiger partial charge in [-0.1, -0.05) is 6.92 Å². The summed E-state index contributed by atoms with van der Waals surface area (Å²) >= 11 is 1.80. The summed E-state index contributed by atoms with van der Waals surface area (Å²) in [6.07, 6.45) is 5.59. The molecule has 0 radical (unpaired) electrons. The maximum Gasteiger partial charge on any atom is 0.140 e. The summed E-state index contributed by atoms with van der Waals surface area (Å²) in [7, 11) is 0. The first-order chi connectivity index (χ1) is 11.7. The highest BCUT2D eigenvalue weighted by Gasteiger charge is 2.29. The molecule has 0 amide bonds. The van der Waals surface area contributed by atoms with E-state index in [1.54, 1.807) is 17.7 Å². The van der Waals surface area contributed by atoms with E-state index in [2.05, 4.69) is 39.7 Å². The lowest BCUT2D eigenvalue weighted by Crippen LogP contribution is -2.51. The summed E-state index contributed by atoms with van der Waals surface area (Å²) in [5, 5.41) is 1.23. The summed E-state index contributed by atoms with van der Waals surface area (Å²) in [5.41, 5.74) is 0. The minimum atomic E-state index is 0.372. The number of morpholine rings is 1. The number of piperidine rings is 1. The molecule has 2 aliphatic heterocycles. The van der Waals surface area contributed by atoms with Gasteiger partial charge >= 0.3 is 0 Å². The van der Waals surface area contributed by atoms with Crippen LogP contribution in [0, 0.1) is 0 Å². The van der Waals surface area contributed by atoms with Crippen LogP contribution in [0.2, 0.25) is 0 Å². The summed E-state index contributed by atoms with van der Waals surface area (Å²) in [6, 6.07) is 2.98. The van der Waals surface area contributed by atoms with E-state index in [4.69, 9.17) is 4.74 Å². The number of hydrogen-bond acceptors (Lipinski definition) is 6. The highest BCUT2D eigenvalue weighted by atomic mass is 32.1. The molecule has 0 N–H and O–H groups in total. The Hall–Kier alpha value is -1.24.